The maximum Gasteiger partial charge on any atom is 0.153 e. The van der Waals surface area contributed by atoms with Gasteiger partial charge in [0.25, 0.3) is 0 Å². The molecule has 2 heterocycles. The molecule has 5 nitrogen and oxygen atoms in total. The van der Waals surface area contributed by atoms with Gasteiger partial charge in [0.15, 0.2) is 11.6 Å². The SMILES string of the molecule is Nc1nc(CCO)nn2ccc(Br)c12. The zero-order chi connectivity index (χ0) is 10.1. The number of aromatic nitrogens is 3. The number of nitrogen functional groups attached to an aromatic ring is 1. The number of fused-ring (bicyclic) bond motifs is 1. The van der Waals surface area contributed by atoms with Crippen LogP contribution in [0.25, 0.3) is 5.52 Å². The van der Waals surface area contributed by atoms with Crippen molar-refractivity contribution in [3.8, 4) is 0 Å². The van der Waals surface area contributed by atoms with E-state index in [1.165, 1.54) is 0 Å². The number of nitrogens with two attached hydrogens (primary N) is 1. The van der Waals surface area contributed by atoms with E-state index >= 15 is 0 Å². The second-order valence-corrected chi connectivity index (χ2v) is 3.70. The van der Waals surface area contributed by atoms with Crippen LogP contribution in [0.1, 0.15) is 5.82 Å². The highest BCUT2D eigenvalue weighted by molar-refractivity contribution is 9.10. The third-order valence-electron chi connectivity index (χ3n) is 1.87. The van der Waals surface area contributed by atoms with E-state index in [1.54, 1.807) is 10.7 Å². The summed E-state index contributed by atoms with van der Waals surface area (Å²) in [5, 5.41) is 12.9. The Morgan fingerprint density at radius 2 is 2.36 bits per heavy atom. The van der Waals surface area contributed by atoms with Crippen LogP contribution < -0.4 is 5.73 Å². The van der Waals surface area contributed by atoms with Gasteiger partial charge in [-0.2, -0.15) is 5.10 Å². The van der Waals surface area contributed by atoms with Crippen molar-refractivity contribution in [1.82, 2.24) is 14.6 Å². The predicted molar refractivity (Wildman–Crippen MR) is 55.9 cm³/mol. The summed E-state index contributed by atoms with van der Waals surface area (Å²) in [6, 6.07) is 1.85. The van der Waals surface area contributed by atoms with Gasteiger partial charge in [-0.15, -0.1) is 0 Å². The molecular weight excluding hydrogens is 248 g/mol. The molecule has 3 N–H and O–H groups in total. The molecule has 0 amide bonds. The molecule has 0 bridgehead atoms. The highest BCUT2D eigenvalue weighted by atomic mass is 79.9. The van der Waals surface area contributed by atoms with Gasteiger partial charge in [-0.3, -0.25) is 0 Å². The lowest BCUT2D eigenvalue weighted by molar-refractivity contribution is 0.296. The fraction of sp³-hybridized carbons (Fsp3) is 0.250. The largest absolute Gasteiger partial charge is 0.396 e. The third-order valence-corrected chi connectivity index (χ3v) is 2.51. The molecule has 0 aliphatic heterocycles. The molecule has 0 fully saturated rings. The van der Waals surface area contributed by atoms with E-state index in [1.807, 2.05) is 6.07 Å². The first-order valence-electron chi connectivity index (χ1n) is 4.12. The summed E-state index contributed by atoms with van der Waals surface area (Å²) in [4.78, 5) is 4.08. The Hall–Kier alpha value is -1.14. The normalized spacial score (nSPS) is 11.0. The van der Waals surface area contributed by atoms with Gasteiger partial charge < -0.3 is 10.8 Å². The molecule has 0 aliphatic rings. The standard InChI is InChI=1S/C8H9BrN4O/c9-5-1-3-13-7(5)8(10)11-6(12-13)2-4-14/h1,3,14H,2,4H2,(H2,10,11,12). The van der Waals surface area contributed by atoms with Crippen molar-refractivity contribution < 1.29 is 5.11 Å². The maximum atomic E-state index is 8.75. The van der Waals surface area contributed by atoms with E-state index in [0.717, 1.165) is 9.99 Å². The minimum atomic E-state index is 0.0212. The molecule has 0 aromatic carbocycles. The maximum absolute atomic E-state index is 8.75. The van der Waals surface area contributed by atoms with Crippen molar-refractivity contribution in [2.45, 2.75) is 6.42 Å². The zero-order valence-corrected chi connectivity index (χ0v) is 8.90. The Labute approximate surface area is 88.7 Å². The summed E-state index contributed by atoms with van der Waals surface area (Å²) in [5.74, 6) is 0.959. The monoisotopic (exact) mass is 256 g/mol. The van der Waals surface area contributed by atoms with Crippen LogP contribution in [-0.2, 0) is 6.42 Å². The Morgan fingerprint density at radius 3 is 3.07 bits per heavy atom. The Balaban J connectivity index is 2.62. The number of halogens is 1. The van der Waals surface area contributed by atoms with Gasteiger partial charge in [-0.05, 0) is 22.0 Å². The minimum Gasteiger partial charge on any atom is -0.396 e. The Morgan fingerprint density at radius 1 is 1.57 bits per heavy atom. The number of aliphatic hydroxyl groups is 1. The average Bonchev–Trinajstić information content (AvgIpc) is 2.48. The van der Waals surface area contributed by atoms with E-state index in [0.29, 0.717) is 18.1 Å². The van der Waals surface area contributed by atoms with Crippen molar-refractivity contribution in [1.29, 1.82) is 0 Å². The minimum absolute atomic E-state index is 0.0212. The van der Waals surface area contributed by atoms with Crippen LogP contribution in [0.4, 0.5) is 5.82 Å². The van der Waals surface area contributed by atoms with E-state index < -0.39 is 0 Å². The summed E-state index contributed by atoms with van der Waals surface area (Å²) in [6.45, 7) is 0.0212. The summed E-state index contributed by atoms with van der Waals surface area (Å²) in [7, 11) is 0. The van der Waals surface area contributed by atoms with E-state index in [2.05, 4.69) is 26.0 Å². The Bertz CT molecular complexity index is 468. The topological polar surface area (TPSA) is 76.4 Å². The van der Waals surface area contributed by atoms with Gasteiger partial charge in [-0.25, -0.2) is 9.50 Å². The van der Waals surface area contributed by atoms with E-state index in [4.69, 9.17) is 10.8 Å². The molecule has 0 aliphatic carbocycles. The molecule has 6 heteroatoms. The van der Waals surface area contributed by atoms with Crippen molar-refractivity contribution >= 4 is 27.3 Å². The van der Waals surface area contributed by atoms with Crippen LogP contribution >= 0.6 is 15.9 Å². The van der Waals surface area contributed by atoms with Crippen molar-refractivity contribution in [2.75, 3.05) is 12.3 Å². The van der Waals surface area contributed by atoms with Crippen LogP contribution in [0.5, 0.6) is 0 Å². The highest BCUT2D eigenvalue weighted by Crippen LogP contribution is 2.22. The van der Waals surface area contributed by atoms with E-state index in [9.17, 15) is 0 Å². The predicted octanol–water partition coefficient (Wildman–Crippen LogP) is 0.609. The summed E-state index contributed by atoms with van der Waals surface area (Å²) in [5.41, 5.74) is 6.51. The van der Waals surface area contributed by atoms with Crippen LogP contribution in [0, 0.1) is 0 Å². The zero-order valence-electron chi connectivity index (χ0n) is 7.31. The molecule has 0 saturated carbocycles. The van der Waals surface area contributed by atoms with Gasteiger partial charge in [0.1, 0.15) is 5.52 Å². The average molecular weight is 257 g/mol. The molecule has 14 heavy (non-hydrogen) atoms. The number of anilines is 1. The fourth-order valence-corrected chi connectivity index (χ4v) is 1.77. The molecule has 0 atom stereocenters. The van der Waals surface area contributed by atoms with Crippen molar-refractivity contribution in [2.24, 2.45) is 0 Å². The van der Waals surface area contributed by atoms with Gasteiger partial charge >= 0.3 is 0 Å². The molecule has 0 saturated heterocycles. The highest BCUT2D eigenvalue weighted by Gasteiger charge is 2.07. The fourth-order valence-electron chi connectivity index (χ4n) is 1.27. The molecule has 0 unspecified atom stereocenters. The van der Waals surface area contributed by atoms with Crippen LogP contribution in [-0.4, -0.2) is 26.3 Å². The summed E-state index contributed by atoms with van der Waals surface area (Å²) in [6.07, 6.45) is 2.20. The van der Waals surface area contributed by atoms with Crippen LogP contribution in [0.2, 0.25) is 0 Å². The number of hydrogen-bond donors (Lipinski definition) is 2. The second kappa shape index (κ2) is 3.55. The van der Waals surface area contributed by atoms with Crippen molar-refractivity contribution in [3.05, 3.63) is 22.6 Å². The first kappa shape index (κ1) is 9.42. The molecule has 2 rings (SSSR count). The first-order valence-corrected chi connectivity index (χ1v) is 4.92. The van der Waals surface area contributed by atoms with Gasteiger partial charge in [-0.1, -0.05) is 0 Å². The lowest BCUT2D eigenvalue weighted by Gasteiger charge is -2.02. The summed E-state index contributed by atoms with van der Waals surface area (Å²) >= 11 is 3.35. The molecule has 2 aromatic rings. The smallest absolute Gasteiger partial charge is 0.153 e. The van der Waals surface area contributed by atoms with Gasteiger partial charge in [0, 0.05) is 17.1 Å². The molecule has 74 valence electrons. The van der Waals surface area contributed by atoms with Crippen LogP contribution in [0.3, 0.4) is 0 Å². The number of hydrogen-bond acceptors (Lipinski definition) is 4. The lowest BCUT2D eigenvalue weighted by Crippen LogP contribution is -2.07. The quantitative estimate of drug-likeness (QED) is 0.826. The second-order valence-electron chi connectivity index (χ2n) is 2.84. The third kappa shape index (κ3) is 1.46. The summed E-state index contributed by atoms with van der Waals surface area (Å²) < 4.78 is 2.52. The van der Waals surface area contributed by atoms with Gasteiger partial charge in [0.2, 0.25) is 0 Å². The lowest BCUT2D eigenvalue weighted by atomic mass is 10.4. The number of aliphatic hydroxyl groups excluding tert-OH is 1. The first-order chi connectivity index (χ1) is 6.72. The molecular formula is C8H9BrN4O. The number of rotatable bonds is 2. The Kier molecular flexibility index (Phi) is 2.39. The molecule has 2 aromatic heterocycles. The van der Waals surface area contributed by atoms with Gasteiger partial charge in [0.05, 0.1) is 6.61 Å². The van der Waals surface area contributed by atoms with Crippen molar-refractivity contribution in [3.63, 3.8) is 0 Å². The van der Waals surface area contributed by atoms with Crippen LogP contribution in [0.15, 0.2) is 16.7 Å². The molecule has 0 radical (unpaired) electrons. The number of nitrogens with zero attached hydrogens (tertiary/aromatic N) is 3. The molecule has 0 spiro atoms. The van der Waals surface area contributed by atoms with E-state index in [-0.39, 0.29) is 6.61 Å².